The number of nitrogens with zero attached hydrogens (tertiary/aromatic N) is 1. The summed E-state index contributed by atoms with van der Waals surface area (Å²) < 4.78 is 0. The largest absolute Gasteiger partial charge is 0.314 e. The molecule has 0 heterocycles. The summed E-state index contributed by atoms with van der Waals surface area (Å²) in [5.74, 6) is 0. The van der Waals surface area contributed by atoms with E-state index in [1.54, 1.807) is 0 Å². The van der Waals surface area contributed by atoms with E-state index in [9.17, 15) is 0 Å². The van der Waals surface area contributed by atoms with Crippen LogP contribution in [0.5, 0.6) is 0 Å². The lowest BCUT2D eigenvalue weighted by atomic mass is 10.0. The lowest BCUT2D eigenvalue weighted by Gasteiger charge is -2.23. The molecule has 0 rings (SSSR count). The summed E-state index contributed by atoms with van der Waals surface area (Å²) in [5.41, 5.74) is 0. The van der Waals surface area contributed by atoms with Gasteiger partial charge in [-0.25, -0.2) is 0 Å². The van der Waals surface area contributed by atoms with Gasteiger partial charge in [0.2, 0.25) is 0 Å². The first-order chi connectivity index (χ1) is 8.28. The normalized spacial score (nSPS) is 13.2. The molecule has 0 aromatic heterocycles. The summed E-state index contributed by atoms with van der Waals surface area (Å²) in [6.07, 6.45) is 8.20. The molecule has 0 amide bonds. The Morgan fingerprint density at radius 2 is 1.59 bits per heavy atom. The average Bonchev–Trinajstić information content (AvgIpc) is 2.35. The number of unbranched alkanes of at least 4 members (excludes halogenated alkanes) is 3. The van der Waals surface area contributed by atoms with E-state index in [4.69, 9.17) is 0 Å². The van der Waals surface area contributed by atoms with Crippen LogP contribution >= 0.6 is 0 Å². The lowest BCUT2D eigenvalue weighted by molar-refractivity contribution is 0.276. The molecule has 1 unspecified atom stereocenters. The second-order valence-corrected chi connectivity index (χ2v) is 4.92. The summed E-state index contributed by atoms with van der Waals surface area (Å²) in [5, 5.41) is 3.64. The predicted octanol–water partition coefficient (Wildman–Crippen LogP) is 3.67. The zero-order chi connectivity index (χ0) is 12.9. The van der Waals surface area contributed by atoms with Gasteiger partial charge in [-0.2, -0.15) is 0 Å². The molecule has 0 spiro atoms. The smallest absolute Gasteiger partial charge is 0.00791 e. The minimum atomic E-state index is 0.734. The first kappa shape index (κ1) is 16.9. The molecule has 0 saturated carbocycles. The fraction of sp³-hybridized carbons (Fsp3) is 1.00. The molecule has 1 atom stereocenters. The topological polar surface area (TPSA) is 15.3 Å². The molecule has 0 bridgehead atoms. The second kappa shape index (κ2) is 12.4. The van der Waals surface area contributed by atoms with Gasteiger partial charge < -0.3 is 10.2 Å². The van der Waals surface area contributed by atoms with E-state index in [1.165, 1.54) is 58.2 Å². The summed E-state index contributed by atoms with van der Waals surface area (Å²) >= 11 is 0. The lowest BCUT2D eigenvalue weighted by Crippen LogP contribution is -2.34. The number of rotatable bonds is 12. The third kappa shape index (κ3) is 9.61. The Kier molecular flexibility index (Phi) is 12.3. The van der Waals surface area contributed by atoms with Gasteiger partial charge in [-0.1, -0.05) is 53.4 Å². The van der Waals surface area contributed by atoms with Crippen LogP contribution < -0.4 is 5.32 Å². The Labute approximate surface area is 109 Å². The number of nitrogens with one attached hydrogen (secondary N) is 1. The Balaban J connectivity index is 3.72. The van der Waals surface area contributed by atoms with Crippen LogP contribution in [0.25, 0.3) is 0 Å². The summed E-state index contributed by atoms with van der Waals surface area (Å²) in [6.45, 7) is 13.7. The Morgan fingerprint density at radius 1 is 0.882 bits per heavy atom. The Bertz CT molecular complexity index is 144. The first-order valence-electron chi connectivity index (χ1n) is 7.74. The van der Waals surface area contributed by atoms with Gasteiger partial charge in [0, 0.05) is 6.04 Å². The fourth-order valence-corrected chi connectivity index (χ4v) is 2.33. The summed E-state index contributed by atoms with van der Waals surface area (Å²) in [4.78, 5) is 2.52. The molecule has 0 aliphatic heterocycles. The van der Waals surface area contributed by atoms with Crippen LogP contribution in [0.3, 0.4) is 0 Å². The van der Waals surface area contributed by atoms with E-state index in [1.807, 2.05) is 0 Å². The van der Waals surface area contributed by atoms with Crippen molar-refractivity contribution in [3.8, 4) is 0 Å². The van der Waals surface area contributed by atoms with Crippen molar-refractivity contribution in [2.45, 2.75) is 72.3 Å². The maximum Gasteiger partial charge on any atom is 0.00791 e. The minimum Gasteiger partial charge on any atom is -0.314 e. The Hall–Kier alpha value is -0.0800. The van der Waals surface area contributed by atoms with E-state index in [0.29, 0.717) is 0 Å². The van der Waals surface area contributed by atoms with Crippen molar-refractivity contribution >= 4 is 0 Å². The highest BCUT2D eigenvalue weighted by Gasteiger charge is 2.08. The van der Waals surface area contributed by atoms with E-state index >= 15 is 0 Å². The molecule has 0 aliphatic carbocycles. The van der Waals surface area contributed by atoms with Gasteiger partial charge in [-0.15, -0.1) is 0 Å². The molecule has 0 fully saturated rings. The highest BCUT2D eigenvalue weighted by Crippen LogP contribution is 2.09. The van der Waals surface area contributed by atoms with Crippen molar-refractivity contribution in [2.24, 2.45) is 0 Å². The van der Waals surface area contributed by atoms with Gasteiger partial charge in [0.15, 0.2) is 0 Å². The van der Waals surface area contributed by atoms with Gasteiger partial charge in [0.1, 0.15) is 0 Å². The zero-order valence-electron chi connectivity index (χ0n) is 12.6. The summed E-state index contributed by atoms with van der Waals surface area (Å²) in [7, 11) is 0. The minimum absolute atomic E-state index is 0.734. The molecule has 2 heteroatoms. The molecule has 17 heavy (non-hydrogen) atoms. The van der Waals surface area contributed by atoms with Crippen LogP contribution in [-0.4, -0.2) is 37.1 Å². The maximum absolute atomic E-state index is 3.64. The van der Waals surface area contributed by atoms with Crippen LogP contribution in [-0.2, 0) is 0 Å². The summed E-state index contributed by atoms with van der Waals surface area (Å²) in [6, 6.07) is 0.734. The average molecular weight is 242 g/mol. The van der Waals surface area contributed by atoms with Crippen molar-refractivity contribution in [3.63, 3.8) is 0 Å². The quantitative estimate of drug-likeness (QED) is 0.525. The highest BCUT2D eigenvalue weighted by molar-refractivity contribution is 4.68. The van der Waals surface area contributed by atoms with Crippen molar-refractivity contribution in [2.75, 3.05) is 26.2 Å². The first-order valence-corrected chi connectivity index (χ1v) is 7.74. The third-order valence-corrected chi connectivity index (χ3v) is 3.59. The number of hydrogen-bond donors (Lipinski definition) is 1. The SMILES string of the molecule is CCCCCCC(CCN(CC)CC)NCC. The van der Waals surface area contributed by atoms with Crippen LogP contribution in [0, 0.1) is 0 Å². The van der Waals surface area contributed by atoms with Gasteiger partial charge in [-0.05, 0) is 39.0 Å². The van der Waals surface area contributed by atoms with Gasteiger partial charge in [0.25, 0.3) is 0 Å². The monoisotopic (exact) mass is 242 g/mol. The molecule has 104 valence electrons. The van der Waals surface area contributed by atoms with Crippen molar-refractivity contribution < 1.29 is 0 Å². The molecule has 0 saturated heterocycles. The van der Waals surface area contributed by atoms with Crippen LogP contribution in [0.2, 0.25) is 0 Å². The second-order valence-electron chi connectivity index (χ2n) is 4.92. The van der Waals surface area contributed by atoms with E-state index in [-0.39, 0.29) is 0 Å². The highest BCUT2D eigenvalue weighted by atomic mass is 15.1. The maximum atomic E-state index is 3.64. The molecule has 0 aliphatic rings. The van der Waals surface area contributed by atoms with Crippen LogP contribution in [0.15, 0.2) is 0 Å². The van der Waals surface area contributed by atoms with Crippen molar-refractivity contribution in [3.05, 3.63) is 0 Å². The number of hydrogen-bond acceptors (Lipinski definition) is 2. The standard InChI is InChI=1S/C15H34N2/c1-5-9-10-11-12-15(16-6-2)13-14-17(7-3)8-4/h15-16H,5-14H2,1-4H3. The molecule has 2 nitrogen and oxygen atoms in total. The van der Waals surface area contributed by atoms with E-state index < -0.39 is 0 Å². The van der Waals surface area contributed by atoms with Crippen molar-refractivity contribution in [1.29, 1.82) is 0 Å². The fourth-order valence-electron chi connectivity index (χ4n) is 2.33. The zero-order valence-corrected chi connectivity index (χ0v) is 12.6. The van der Waals surface area contributed by atoms with Gasteiger partial charge in [0.05, 0.1) is 0 Å². The Morgan fingerprint density at radius 3 is 2.12 bits per heavy atom. The van der Waals surface area contributed by atoms with Crippen LogP contribution in [0.1, 0.15) is 66.2 Å². The molecule has 0 aromatic rings. The van der Waals surface area contributed by atoms with Gasteiger partial charge in [-0.3, -0.25) is 0 Å². The van der Waals surface area contributed by atoms with E-state index in [2.05, 4.69) is 37.9 Å². The van der Waals surface area contributed by atoms with Gasteiger partial charge >= 0.3 is 0 Å². The molecule has 0 aromatic carbocycles. The third-order valence-electron chi connectivity index (χ3n) is 3.59. The predicted molar refractivity (Wildman–Crippen MR) is 78.6 cm³/mol. The molecule has 0 radical (unpaired) electrons. The molecule has 1 N–H and O–H groups in total. The van der Waals surface area contributed by atoms with Crippen LogP contribution in [0.4, 0.5) is 0 Å². The van der Waals surface area contributed by atoms with E-state index in [0.717, 1.165) is 12.6 Å². The molecular formula is C15H34N2. The molecular weight excluding hydrogens is 208 g/mol. The van der Waals surface area contributed by atoms with Crippen molar-refractivity contribution in [1.82, 2.24) is 10.2 Å².